The van der Waals surface area contributed by atoms with Crippen molar-refractivity contribution in [2.75, 3.05) is 19.6 Å². The van der Waals surface area contributed by atoms with E-state index in [2.05, 4.69) is 70.2 Å². The van der Waals surface area contributed by atoms with E-state index in [1.54, 1.807) is 0 Å². The third-order valence-corrected chi connectivity index (χ3v) is 4.67. The normalized spacial score (nSPS) is 17.7. The van der Waals surface area contributed by atoms with Crippen LogP contribution < -0.4 is 5.32 Å². The molecule has 1 fully saturated rings. The summed E-state index contributed by atoms with van der Waals surface area (Å²) in [4.78, 5) is 7.44. The van der Waals surface area contributed by atoms with Gasteiger partial charge in [0.2, 0.25) is 0 Å². The number of piperazine rings is 1. The van der Waals surface area contributed by atoms with Gasteiger partial charge < -0.3 is 9.72 Å². The van der Waals surface area contributed by atoms with Crippen molar-refractivity contribution in [3.8, 4) is 11.3 Å². The average Bonchev–Trinajstić information content (AvgIpc) is 2.96. The van der Waals surface area contributed by atoms with E-state index in [0.717, 1.165) is 37.5 Å². The molecule has 0 saturated carbocycles. The molecule has 134 valence electrons. The summed E-state index contributed by atoms with van der Waals surface area (Å²) in [5, 5.41) is 3.46. The quantitative estimate of drug-likeness (QED) is 0.754. The van der Waals surface area contributed by atoms with Gasteiger partial charge in [0.25, 0.3) is 0 Å². The van der Waals surface area contributed by atoms with Crippen molar-refractivity contribution in [1.82, 2.24) is 19.6 Å². The lowest BCUT2D eigenvalue weighted by atomic mass is 10.1. The van der Waals surface area contributed by atoms with Crippen LogP contribution in [0.3, 0.4) is 0 Å². The van der Waals surface area contributed by atoms with Crippen LogP contribution in [0.25, 0.3) is 16.9 Å². The summed E-state index contributed by atoms with van der Waals surface area (Å²) < 4.78 is 2.23. The van der Waals surface area contributed by atoms with Crippen LogP contribution in [0.1, 0.15) is 12.6 Å². The number of hydrogen-bond donors (Lipinski definition) is 1. The Morgan fingerprint density at radius 3 is 2.60 bits per heavy atom. The van der Waals surface area contributed by atoms with Crippen LogP contribution >= 0.6 is 24.8 Å². The number of nitrogens with zero attached hydrogens (tertiary/aromatic N) is 3. The highest BCUT2D eigenvalue weighted by Gasteiger charge is 2.22. The Labute approximate surface area is 161 Å². The molecular weight excluding hydrogens is 355 g/mol. The summed E-state index contributed by atoms with van der Waals surface area (Å²) in [6.45, 7) is 6.41. The molecule has 0 radical (unpaired) electrons. The zero-order valence-electron chi connectivity index (χ0n) is 14.3. The highest BCUT2D eigenvalue weighted by Crippen LogP contribution is 2.26. The topological polar surface area (TPSA) is 32.6 Å². The van der Waals surface area contributed by atoms with Crippen molar-refractivity contribution >= 4 is 30.5 Å². The molecular formula is C19H24Cl2N4. The van der Waals surface area contributed by atoms with Crippen LogP contribution in [0, 0.1) is 0 Å². The lowest BCUT2D eigenvalue weighted by molar-refractivity contribution is 0.163. The van der Waals surface area contributed by atoms with Gasteiger partial charge in [-0.05, 0) is 19.1 Å². The lowest BCUT2D eigenvalue weighted by Crippen LogP contribution is -2.49. The van der Waals surface area contributed by atoms with E-state index in [4.69, 9.17) is 4.98 Å². The number of aromatic nitrogens is 2. The zero-order chi connectivity index (χ0) is 15.6. The van der Waals surface area contributed by atoms with Gasteiger partial charge in [-0.25, -0.2) is 4.98 Å². The van der Waals surface area contributed by atoms with E-state index in [9.17, 15) is 0 Å². The molecule has 1 atom stereocenters. The Hall–Kier alpha value is -1.59. The molecule has 6 heteroatoms. The van der Waals surface area contributed by atoms with Crippen LogP contribution in [0.15, 0.2) is 54.7 Å². The molecule has 0 amide bonds. The Morgan fingerprint density at radius 2 is 1.84 bits per heavy atom. The Bertz CT molecular complexity index is 804. The minimum atomic E-state index is 0. The molecule has 4 rings (SSSR count). The van der Waals surface area contributed by atoms with Gasteiger partial charge in [0.15, 0.2) is 0 Å². The van der Waals surface area contributed by atoms with Gasteiger partial charge >= 0.3 is 0 Å². The highest BCUT2D eigenvalue weighted by molar-refractivity contribution is 5.85. The standard InChI is InChI=1S/C19H22N4.2ClH/c1-15-13-20-10-12-22(15)14-17-19(16-7-3-2-4-8-16)21-18-9-5-6-11-23(17)18;;/h2-9,11,15,20H,10,12-14H2,1H3;2*1H/t15-;;/m0../s1. The summed E-state index contributed by atoms with van der Waals surface area (Å²) in [6.07, 6.45) is 2.12. The fraction of sp³-hybridized carbons (Fsp3) is 0.316. The van der Waals surface area contributed by atoms with Gasteiger partial charge in [-0.1, -0.05) is 36.4 Å². The highest BCUT2D eigenvalue weighted by atomic mass is 35.5. The summed E-state index contributed by atoms with van der Waals surface area (Å²) in [6, 6.07) is 17.3. The first-order chi connectivity index (χ1) is 11.3. The van der Waals surface area contributed by atoms with Crippen molar-refractivity contribution in [1.29, 1.82) is 0 Å². The number of halogens is 2. The largest absolute Gasteiger partial charge is 0.314 e. The van der Waals surface area contributed by atoms with E-state index in [1.807, 2.05) is 6.07 Å². The van der Waals surface area contributed by atoms with E-state index in [0.29, 0.717) is 6.04 Å². The molecule has 1 aliphatic heterocycles. The molecule has 0 aliphatic carbocycles. The van der Waals surface area contributed by atoms with Gasteiger partial charge in [0.1, 0.15) is 5.65 Å². The van der Waals surface area contributed by atoms with Crippen molar-refractivity contribution in [3.63, 3.8) is 0 Å². The van der Waals surface area contributed by atoms with Gasteiger partial charge in [-0.2, -0.15) is 0 Å². The molecule has 4 nitrogen and oxygen atoms in total. The molecule has 0 unspecified atom stereocenters. The van der Waals surface area contributed by atoms with Crippen LogP contribution in [0.5, 0.6) is 0 Å². The maximum atomic E-state index is 4.89. The van der Waals surface area contributed by atoms with E-state index >= 15 is 0 Å². The van der Waals surface area contributed by atoms with Crippen molar-refractivity contribution < 1.29 is 0 Å². The second-order valence-electron chi connectivity index (χ2n) is 6.23. The Balaban J connectivity index is 0.00000113. The van der Waals surface area contributed by atoms with E-state index < -0.39 is 0 Å². The smallest absolute Gasteiger partial charge is 0.137 e. The summed E-state index contributed by atoms with van der Waals surface area (Å²) in [5.41, 5.74) is 4.58. The first-order valence-electron chi connectivity index (χ1n) is 8.29. The number of benzene rings is 1. The minimum Gasteiger partial charge on any atom is -0.314 e. The summed E-state index contributed by atoms with van der Waals surface area (Å²) in [5.74, 6) is 0. The second-order valence-corrected chi connectivity index (χ2v) is 6.23. The minimum absolute atomic E-state index is 0. The molecule has 1 saturated heterocycles. The third kappa shape index (κ3) is 3.98. The number of imidazole rings is 1. The van der Waals surface area contributed by atoms with Gasteiger partial charge in [-0.3, -0.25) is 4.90 Å². The molecule has 1 aliphatic rings. The van der Waals surface area contributed by atoms with Crippen LogP contribution in [0.4, 0.5) is 0 Å². The fourth-order valence-electron chi connectivity index (χ4n) is 3.34. The second kappa shape index (κ2) is 8.68. The van der Waals surface area contributed by atoms with Gasteiger partial charge in [-0.15, -0.1) is 24.8 Å². The predicted molar refractivity (Wildman–Crippen MR) is 108 cm³/mol. The number of fused-ring (bicyclic) bond motifs is 1. The SMILES string of the molecule is C[C@H]1CNCCN1Cc1c(-c2ccccc2)nc2ccccn12.Cl.Cl. The van der Waals surface area contributed by atoms with Crippen molar-refractivity contribution in [3.05, 3.63) is 60.4 Å². The van der Waals surface area contributed by atoms with E-state index in [1.165, 1.54) is 11.3 Å². The maximum Gasteiger partial charge on any atom is 0.137 e. The predicted octanol–water partition coefficient (Wildman–Crippen LogP) is 3.64. The molecule has 3 heterocycles. The molecule has 0 bridgehead atoms. The summed E-state index contributed by atoms with van der Waals surface area (Å²) >= 11 is 0. The van der Waals surface area contributed by atoms with Crippen molar-refractivity contribution in [2.24, 2.45) is 0 Å². The number of hydrogen-bond acceptors (Lipinski definition) is 3. The molecule has 0 spiro atoms. The fourth-order valence-corrected chi connectivity index (χ4v) is 3.34. The number of rotatable bonds is 3. The molecule has 2 aromatic heterocycles. The van der Waals surface area contributed by atoms with Gasteiger partial charge in [0, 0.05) is 44.0 Å². The van der Waals surface area contributed by atoms with Crippen LogP contribution in [-0.4, -0.2) is 40.0 Å². The first-order valence-corrected chi connectivity index (χ1v) is 8.29. The third-order valence-electron chi connectivity index (χ3n) is 4.67. The Morgan fingerprint density at radius 1 is 1.08 bits per heavy atom. The number of pyridine rings is 1. The first kappa shape index (κ1) is 19.7. The van der Waals surface area contributed by atoms with Crippen LogP contribution in [-0.2, 0) is 6.54 Å². The lowest BCUT2D eigenvalue weighted by Gasteiger charge is -2.33. The Kier molecular flexibility index (Phi) is 6.85. The maximum absolute atomic E-state index is 4.89. The molecule has 3 aromatic rings. The van der Waals surface area contributed by atoms with Crippen molar-refractivity contribution in [2.45, 2.75) is 19.5 Å². The van der Waals surface area contributed by atoms with Crippen LogP contribution in [0.2, 0.25) is 0 Å². The van der Waals surface area contributed by atoms with E-state index in [-0.39, 0.29) is 24.8 Å². The van der Waals surface area contributed by atoms with Gasteiger partial charge in [0.05, 0.1) is 11.4 Å². The monoisotopic (exact) mass is 378 g/mol. The zero-order valence-corrected chi connectivity index (χ0v) is 15.9. The molecule has 1 aromatic carbocycles. The molecule has 1 N–H and O–H groups in total. The average molecular weight is 379 g/mol. The molecule has 25 heavy (non-hydrogen) atoms. The number of nitrogens with one attached hydrogen (secondary N) is 1. The summed E-state index contributed by atoms with van der Waals surface area (Å²) in [7, 11) is 0.